The van der Waals surface area contributed by atoms with E-state index in [1.54, 1.807) is 0 Å². The van der Waals surface area contributed by atoms with Crippen molar-refractivity contribution in [3.63, 3.8) is 0 Å². The van der Waals surface area contributed by atoms with Gasteiger partial charge in [-0.25, -0.2) is 13.2 Å². The van der Waals surface area contributed by atoms with Crippen LogP contribution in [0.3, 0.4) is 0 Å². The summed E-state index contributed by atoms with van der Waals surface area (Å²) in [6.07, 6.45) is 2.55. The molecule has 0 unspecified atom stereocenters. The Balaban J connectivity index is 2.94. The molecule has 0 fully saturated rings. The lowest BCUT2D eigenvalue weighted by molar-refractivity contribution is 0.453. The molecular weight excluding hydrogens is 179 g/mol. The number of hydrogen-bond donors (Lipinski definition) is 0. The average molecular weight is 183 g/mol. The fraction of sp³-hybridized carbons (Fsp3) is 0. The van der Waals surface area contributed by atoms with Gasteiger partial charge in [-0.05, 0) is 17.5 Å². The molecule has 0 aliphatic rings. The van der Waals surface area contributed by atoms with Gasteiger partial charge in [-0.2, -0.15) is 0 Å². The summed E-state index contributed by atoms with van der Waals surface area (Å²) in [6.45, 7) is 0. The molecule has 2 aromatic rings. The fourth-order valence-corrected chi connectivity index (χ4v) is 1.14. The van der Waals surface area contributed by atoms with E-state index in [-0.39, 0.29) is 5.39 Å². The quantitative estimate of drug-likeness (QED) is 0.572. The molecule has 1 aromatic carbocycles. The fourth-order valence-electron chi connectivity index (χ4n) is 1.14. The minimum atomic E-state index is -1.46. The van der Waals surface area contributed by atoms with Crippen LogP contribution >= 0.6 is 0 Å². The molecule has 1 heterocycles. The minimum Gasteiger partial charge on any atom is -0.264 e. The molecule has 13 heavy (non-hydrogen) atoms. The molecule has 0 saturated carbocycles. The maximum absolute atomic E-state index is 13.0. The van der Waals surface area contributed by atoms with Crippen LogP contribution in [0.5, 0.6) is 0 Å². The van der Waals surface area contributed by atoms with E-state index in [1.165, 1.54) is 12.3 Å². The summed E-state index contributed by atoms with van der Waals surface area (Å²) in [6, 6.07) is 2.36. The van der Waals surface area contributed by atoms with Gasteiger partial charge >= 0.3 is 0 Å². The van der Waals surface area contributed by atoms with Gasteiger partial charge in [0, 0.05) is 17.8 Å². The van der Waals surface area contributed by atoms with Crippen molar-refractivity contribution in [3.05, 3.63) is 42.0 Å². The Kier molecular flexibility index (Phi) is 1.69. The molecular formula is C9H4F3N. The Morgan fingerprint density at radius 1 is 1.08 bits per heavy atom. The lowest BCUT2D eigenvalue weighted by Gasteiger charge is -2.00. The summed E-state index contributed by atoms with van der Waals surface area (Å²) in [7, 11) is 0. The third-order valence-corrected chi connectivity index (χ3v) is 1.78. The van der Waals surface area contributed by atoms with Crippen molar-refractivity contribution < 1.29 is 13.2 Å². The van der Waals surface area contributed by atoms with Gasteiger partial charge in [0.25, 0.3) is 0 Å². The van der Waals surface area contributed by atoms with E-state index in [4.69, 9.17) is 0 Å². The zero-order valence-corrected chi connectivity index (χ0v) is 6.39. The highest BCUT2D eigenvalue weighted by atomic mass is 19.2. The molecule has 66 valence electrons. The van der Waals surface area contributed by atoms with Gasteiger partial charge in [-0.3, -0.25) is 4.98 Å². The number of halogens is 3. The third kappa shape index (κ3) is 1.14. The highest BCUT2D eigenvalue weighted by Gasteiger charge is 2.12. The second-order valence-electron chi connectivity index (χ2n) is 2.58. The van der Waals surface area contributed by atoms with Crippen LogP contribution in [0, 0.1) is 17.5 Å². The summed E-state index contributed by atoms with van der Waals surface area (Å²) in [5.41, 5.74) is 0. The van der Waals surface area contributed by atoms with Crippen molar-refractivity contribution in [2.24, 2.45) is 0 Å². The van der Waals surface area contributed by atoms with Crippen molar-refractivity contribution in [1.29, 1.82) is 0 Å². The summed E-state index contributed by atoms with van der Waals surface area (Å²) >= 11 is 0. The third-order valence-electron chi connectivity index (χ3n) is 1.78. The standard InChI is InChI=1S/C9H4F3N/c10-7-3-5-1-2-13-4-6(5)8(11)9(7)12/h1-4H. The first-order valence-electron chi connectivity index (χ1n) is 3.57. The summed E-state index contributed by atoms with van der Waals surface area (Å²) in [4.78, 5) is 3.62. The van der Waals surface area contributed by atoms with Gasteiger partial charge in [0.1, 0.15) is 0 Å². The highest BCUT2D eigenvalue weighted by molar-refractivity contribution is 5.82. The van der Waals surface area contributed by atoms with E-state index in [1.807, 2.05) is 0 Å². The lowest BCUT2D eigenvalue weighted by Crippen LogP contribution is -1.92. The monoisotopic (exact) mass is 183 g/mol. The van der Waals surface area contributed by atoms with Crippen LogP contribution in [0.15, 0.2) is 24.5 Å². The van der Waals surface area contributed by atoms with E-state index in [9.17, 15) is 13.2 Å². The van der Waals surface area contributed by atoms with Crippen molar-refractivity contribution in [3.8, 4) is 0 Å². The van der Waals surface area contributed by atoms with Crippen LogP contribution in [0.4, 0.5) is 13.2 Å². The Labute approximate surface area is 71.8 Å². The van der Waals surface area contributed by atoms with Crippen LogP contribution in [0.25, 0.3) is 10.8 Å². The topological polar surface area (TPSA) is 12.9 Å². The van der Waals surface area contributed by atoms with Crippen molar-refractivity contribution in [2.45, 2.75) is 0 Å². The molecule has 0 amide bonds. The molecule has 0 radical (unpaired) electrons. The van der Waals surface area contributed by atoms with Gasteiger partial charge in [-0.15, -0.1) is 0 Å². The molecule has 1 nitrogen and oxygen atoms in total. The van der Waals surface area contributed by atoms with E-state index in [0.29, 0.717) is 5.39 Å². The smallest absolute Gasteiger partial charge is 0.195 e. The molecule has 0 saturated heterocycles. The van der Waals surface area contributed by atoms with Crippen LogP contribution in [0.1, 0.15) is 0 Å². The van der Waals surface area contributed by atoms with Gasteiger partial charge in [-0.1, -0.05) is 0 Å². The molecule has 0 atom stereocenters. The number of aromatic nitrogens is 1. The number of fused-ring (bicyclic) bond motifs is 1. The maximum atomic E-state index is 13.0. The van der Waals surface area contributed by atoms with Crippen LogP contribution in [-0.4, -0.2) is 4.98 Å². The van der Waals surface area contributed by atoms with E-state index in [0.717, 1.165) is 12.3 Å². The van der Waals surface area contributed by atoms with Gasteiger partial charge in [0.05, 0.1) is 0 Å². The predicted octanol–water partition coefficient (Wildman–Crippen LogP) is 2.65. The number of nitrogens with zero attached hydrogens (tertiary/aromatic N) is 1. The molecule has 1 aromatic heterocycles. The first-order chi connectivity index (χ1) is 6.20. The molecule has 0 aliphatic heterocycles. The first-order valence-corrected chi connectivity index (χ1v) is 3.57. The van der Waals surface area contributed by atoms with Gasteiger partial charge < -0.3 is 0 Å². The zero-order valence-electron chi connectivity index (χ0n) is 6.39. The summed E-state index contributed by atoms with van der Waals surface area (Å²) in [5.74, 6) is -3.83. The maximum Gasteiger partial charge on any atom is 0.195 e. The first kappa shape index (κ1) is 8.04. The summed E-state index contributed by atoms with van der Waals surface area (Å²) < 4.78 is 38.4. The van der Waals surface area contributed by atoms with Crippen molar-refractivity contribution in [2.75, 3.05) is 0 Å². The number of rotatable bonds is 0. The number of benzene rings is 1. The normalized spacial score (nSPS) is 10.7. The van der Waals surface area contributed by atoms with Crippen molar-refractivity contribution in [1.82, 2.24) is 4.98 Å². The molecule has 0 bridgehead atoms. The number of pyridine rings is 1. The molecule has 4 heteroatoms. The van der Waals surface area contributed by atoms with Crippen LogP contribution < -0.4 is 0 Å². The van der Waals surface area contributed by atoms with E-state index in [2.05, 4.69) is 4.98 Å². The second-order valence-corrected chi connectivity index (χ2v) is 2.58. The van der Waals surface area contributed by atoms with E-state index >= 15 is 0 Å². The van der Waals surface area contributed by atoms with Crippen LogP contribution in [0.2, 0.25) is 0 Å². The predicted molar refractivity (Wildman–Crippen MR) is 41.6 cm³/mol. The molecule has 0 aliphatic carbocycles. The lowest BCUT2D eigenvalue weighted by atomic mass is 10.1. The average Bonchev–Trinajstić information content (AvgIpc) is 2.15. The minimum absolute atomic E-state index is 0.0126. The van der Waals surface area contributed by atoms with Crippen LogP contribution in [-0.2, 0) is 0 Å². The SMILES string of the molecule is Fc1cc2ccncc2c(F)c1F. The van der Waals surface area contributed by atoms with Gasteiger partial charge in [0.2, 0.25) is 0 Å². The largest absolute Gasteiger partial charge is 0.264 e. The second kappa shape index (κ2) is 2.73. The number of hydrogen-bond acceptors (Lipinski definition) is 1. The molecule has 0 N–H and O–H groups in total. The van der Waals surface area contributed by atoms with Crippen molar-refractivity contribution >= 4 is 10.8 Å². The van der Waals surface area contributed by atoms with E-state index < -0.39 is 17.5 Å². The molecule has 2 rings (SSSR count). The molecule has 0 spiro atoms. The zero-order chi connectivity index (χ0) is 9.42. The Morgan fingerprint density at radius 2 is 1.85 bits per heavy atom. The summed E-state index contributed by atoms with van der Waals surface area (Å²) in [5, 5.41) is 0.285. The van der Waals surface area contributed by atoms with Gasteiger partial charge in [0.15, 0.2) is 17.5 Å². The Bertz CT molecular complexity index is 468. The highest BCUT2D eigenvalue weighted by Crippen LogP contribution is 2.21. The Hall–Kier alpha value is -1.58. The Morgan fingerprint density at radius 3 is 2.62 bits per heavy atom.